The van der Waals surface area contributed by atoms with E-state index in [0.717, 1.165) is 16.8 Å². The second-order valence-corrected chi connectivity index (χ2v) is 7.76. The fraction of sp³-hybridized carbons (Fsp3) is 0.105. The first-order valence-corrected chi connectivity index (χ1v) is 9.92. The second-order valence-electron chi connectivity index (χ2n) is 5.95. The Balaban J connectivity index is 1.53. The van der Waals surface area contributed by atoms with Gasteiger partial charge in [-0.1, -0.05) is 23.4 Å². The summed E-state index contributed by atoms with van der Waals surface area (Å²) in [4.78, 5) is 8.37. The Morgan fingerprint density at radius 3 is 2.63 bits per heavy atom. The van der Waals surface area contributed by atoms with Crippen LogP contribution in [0.1, 0.15) is 11.3 Å². The zero-order chi connectivity index (χ0) is 18.7. The Morgan fingerprint density at radius 1 is 0.963 bits per heavy atom. The number of hydrogen-bond donors (Lipinski definition) is 1. The molecule has 1 aromatic carbocycles. The molecule has 1 N–H and O–H groups in total. The van der Waals surface area contributed by atoms with E-state index in [0.29, 0.717) is 16.7 Å². The molecule has 136 valence electrons. The first kappa shape index (κ1) is 17.3. The summed E-state index contributed by atoms with van der Waals surface area (Å²) in [6.07, 6.45) is 5.02. The van der Waals surface area contributed by atoms with Crippen molar-refractivity contribution in [2.75, 3.05) is 0 Å². The normalized spacial score (nSPS) is 11.7. The highest BCUT2D eigenvalue weighted by Gasteiger charge is 2.18. The molecule has 4 rings (SSSR count). The summed E-state index contributed by atoms with van der Waals surface area (Å²) >= 11 is 0. The Bertz CT molecular complexity index is 1170. The lowest BCUT2D eigenvalue weighted by Crippen LogP contribution is -2.25. The van der Waals surface area contributed by atoms with E-state index in [4.69, 9.17) is 4.52 Å². The van der Waals surface area contributed by atoms with Crippen LogP contribution in [-0.2, 0) is 22.3 Å². The number of hydrogen-bond acceptors (Lipinski definition) is 6. The lowest BCUT2D eigenvalue weighted by atomic mass is 10.1. The van der Waals surface area contributed by atoms with Crippen molar-refractivity contribution in [2.45, 2.75) is 12.3 Å². The summed E-state index contributed by atoms with van der Waals surface area (Å²) < 4.78 is 32.9. The number of aromatic nitrogens is 3. The lowest BCUT2D eigenvalue weighted by molar-refractivity contribution is 0.448. The molecule has 4 aromatic rings. The molecular weight excluding hydrogens is 364 g/mol. The van der Waals surface area contributed by atoms with Gasteiger partial charge in [0.1, 0.15) is 11.4 Å². The van der Waals surface area contributed by atoms with Crippen molar-refractivity contribution in [3.8, 4) is 11.3 Å². The highest BCUT2D eigenvalue weighted by molar-refractivity contribution is 7.88. The average Bonchev–Trinajstić information content (AvgIpc) is 3.10. The minimum absolute atomic E-state index is 0.129. The van der Waals surface area contributed by atoms with Crippen LogP contribution in [-0.4, -0.2) is 23.5 Å². The predicted molar refractivity (Wildman–Crippen MR) is 101 cm³/mol. The monoisotopic (exact) mass is 380 g/mol. The van der Waals surface area contributed by atoms with Crippen LogP contribution in [0.4, 0.5) is 0 Å². The number of nitrogens with zero attached hydrogens (tertiary/aromatic N) is 3. The van der Waals surface area contributed by atoms with E-state index in [1.54, 1.807) is 36.8 Å². The molecule has 0 atom stereocenters. The highest BCUT2D eigenvalue weighted by atomic mass is 32.2. The van der Waals surface area contributed by atoms with Crippen molar-refractivity contribution >= 4 is 21.0 Å². The van der Waals surface area contributed by atoms with Gasteiger partial charge >= 0.3 is 0 Å². The topological polar surface area (TPSA) is 98.0 Å². The molecule has 3 heterocycles. The van der Waals surface area contributed by atoms with E-state index < -0.39 is 10.0 Å². The largest absolute Gasteiger partial charge is 0.356 e. The molecule has 8 heteroatoms. The van der Waals surface area contributed by atoms with Gasteiger partial charge in [-0.3, -0.25) is 9.97 Å². The summed E-state index contributed by atoms with van der Waals surface area (Å²) in [7, 11) is -3.61. The molecule has 0 aliphatic carbocycles. The third-order valence-electron chi connectivity index (χ3n) is 4.11. The maximum atomic E-state index is 12.5. The molecule has 7 nitrogen and oxygen atoms in total. The predicted octanol–water partition coefficient (Wildman–Crippen LogP) is 2.90. The van der Waals surface area contributed by atoms with Crippen molar-refractivity contribution in [2.24, 2.45) is 0 Å². The van der Waals surface area contributed by atoms with Crippen molar-refractivity contribution in [1.82, 2.24) is 19.8 Å². The van der Waals surface area contributed by atoms with E-state index in [1.807, 2.05) is 30.3 Å². The first-order chi connectivity index (χ1) is 13.1. The van der Waals surface area contributed by atoms with Crippen molar-refractivity contribution in [1.29, 1.82) is 0 Å². The zero-order valence-electron chi connectivity index (χ0n) is 14.2. The van der Waals surface area contributed by atoms with Gasteiger partial charge in [-0.2, -0.15) is 0 Å². The molecule has 0 unspecified atom stereocenters. The molecule has 27 heavy (non-hydrogen) atoms. The molecule has 0 amide bonds. The van der Waals surface area contributed by atoms with Gasteiger partial charge in [0.05, 0.1) is 5.69 Å². The number of pyridine rings is 2. The van der Waals surface area contributed by atoms with Crippen LogP contribution in [0, 0.1) is 0 Å². The molecule has 3 aromatic heterocycles. The quantitative estimate of drug-likeness (QED) is 0.552. The van der Waals surface area contributed by atoms with Gasteiger partial charge in [-0.05, 0) is 35.9 Å². The van der Waals surface area contributed by atoms with Crippen LogP contribution in [0.25, 0.3) is 22.2 Å². The number of sulfonamides is 1. The van der Waals surface area contributed by atoms with Gasteiger partial charge in [0.2, 0.25) is 10.0 Å². The molecule has 0 aliphatic heterocycles. The summed E-state index contributed by atoms with van der Waals surface area (Å²) in [5.41, 5.74) is 3.32. The number of fused-ring (bicyclic) bond motifs is 1. The first-order valence-electron chi connectivity index (χ1n) is 8.27. The highest BCUT2D eigenvalue weighted by Crippen LogP contribution is 2.22. The zero-order valence-corrected chi connectivity index (χ0v) is 15.1. The van der Waals surface area contributed by atoms with E-state index in [-0.39, 0.29) is 12.3 Å². The van der Waals surface area contributed by atoms with Crippen LogP contribution in [0.3, 0.4) is 0 Å². The molecule has 0 aliphatic rings. The fourth-order valence-corrected chi connectivity index (χ4v) is 3.86. The third-order valence-corrected chi connectivity index (χ3v) is 5.34. The van der Waals surface area contributed by atoms with Crippen LogP contribution in [0.5, 0.6) is 0 Å². The molecule has 0 radical (unpaired) electrons. The van der Waals surface area contributed by atoms with Crippen molar-refractivity contribution in [3.05, 3.63) is 78.4 Å². The SMILES string of the molecule is O=S(=O)(Cc1noc2ccccc12)NCc1cccnc1-c1ccncc1. The number of para-hydroxylation sites is 1. The third kappa shape index (κ3) is 3.86. The summed E-state index contributed by atoms with van der Waals surface area (Å²) in [5.74, 6) is -0.255. The molecule has 0 fully saturated rings. The number of nitrogens with one attached hydrogen (secondary N) is 1. The number of rotatable bonds is 6. The van der Waals surface area contributed by atoms with E-state index in [1.165, 1.54) is 0 Å². The smallest absolute Gasteiger partial charge is 0.217 e. The van der Waals surface area contributed by atoms with Crippen molar-refractivity contribution in [3.63, 3.8) is 0 Å². The Labute approximate surface area is 156 Å². The van der Waals surface area contributed by atoms with Crippen molar-refractivity contribution < 1.29 is 12.9 Å². The maximum absolute atomic E-state index is 12.5. The molecule has 0 saturated carbocycles. The summed E-state index contributed by atoms with van der Waals surface area (Å²) in [6, 6.07) is 14.5. The Kier molecular flexibility index (Phi) is 4.66. The van der Waals surface area contributed by atoms with Crippen LogP contribution < -0.4 is 4.72 Å². The van der Waals surface area contributed by atoms with E-state index >= 15 is 0 Å². The minimum atomic E-state index is -3.61. The van der Waals surface area contributed by atoms with Gasteiger partial charge in [0.15, 0.2) is 5.58 Å². The van der Waals surface area contributed by atoms with Crippen LogP contribution >= 0.6 is 0 Å². The molecular formula is C19H16N4O3S. The van der Waals surface area contributed by atoms with Gasteiger partial charge in [0.25, 0.3) is 0 Å². The Morgan fingerprint density at radius 2 is 1.78 bits per heavy atom. The van der Waals surface area contributed by atoms with Gasteiger partial charge < -0.3 is 4.52 Å². The fourth-order valence-electron chi connectivity index (χ4n) is 2.81. The summed E-state index contributed by atoms with van der Waals surface area (Å²) in [6.45, 7) is 0.129. The van der Waals surface area contributed by atoms with E-state index in [2.05, 4.69) is 19.8 Å². The summed E-state index contributed by atoms with van der Waals surface area (Å²) in [5, 5.41) is 4.58. The van der Waals surface area contributed by atoms with Gasteiger partial charge in [0, 0.05) is 36.1 Å². The Hall–Kier alpha value is -3.10. The maximum Gasteiger partial charge on any atom is 0.217 e. The van der Waals surface area contributed by atoms with Crippen LogP contribution in [0.15, 0.2) is 71.6 Å². The lowest BCUT2D eigenvalue weighted by Gasteiger charge is -2.10. The standard InChI is InChI=1S/C19H16N4O3S/c24-27(25,13-17-16-5-1-2-6-18(16)26-23-17)22-12-15-4-3-9-21-19(15)14-7-10-20-11-8-14/h1-11,22H,12-13H2. The molecule has 0 bridgehead atoms. The van der Waals surface area contributed by atoms with Gasteiger partial charge in [-0.25, -0.2) is 13.1 Å². The molecule has 0 saturated heterocycles. The van der Waals surface area contributed by atoms with Crippen LogP contribution in [0.2, 0.25) is 0 Å². The minimum Gasteiger partial charge on any atom is -0.356 e. The van der Waals surface area contributed by atoms with Gasteiger partial charge in [-0.15, -0.1) is 0 Å². The molecule has 0 spiro atoms. The average molecular weight is 380 g/mol. The van der Waals surface area contributed by atoms with E-state index in [9.17, 15) is 8.42 Å². The second kappa shape index (κ2) is 7.26. The number of benzene rings is 1.